The normalized spacial score (nSPS) is 12.0. The van der Waals surface area contributed by atoms with E-state index in [0.717, 1.165) is 29.8 Å². The van der Waals surface area contributed by atoms with E-state index in [0.29, 0.717) is 0 Å². The van der Waals surface area contributed by atoms with Gasteiger partial charge in [-0.2, -0.15) is 0 Å². The highest BCUT2D eigenvalue weighted by Gasteiger charge is 2.14. The van der Waals surface area contributed by atoms with Gasteiger partial charge in [0.2, 0.25) is 0 Å². The zero-order valence-electron chi connectivity index (χ0n) is 13.1. The van der Waals surface area contributed by atoms with Crippen molar-refractivity contribution in [1.82, 2.24) is 10.3 Å². The number of pyridine rings is 1. The van der Waals surface area contributed by atoms with E-state index >= 15 is 0 Å². The summed E-state index contributed by atoms with van der Waals surface area (Å²) in [4.78, 5) is 5.33. The van der Waals surface area contributed by atoms with Crippen molar-refractivity contribution in [3.8, 4) is 16.9 Å². The third-order valence-electron chi connectivity index (χ3n) is 3.64. The summed E-state index contributed by atoms with van der Waals surface area (Å²) in [6.07, 6.45) is 4.64. The Morgan fingerprint density at radius 2 is 1.96 bits per heavy atom. The first kappa shape index (κ1) is 15.7. The fraction of sp³-hybridized carbons (Fsp3) is 0.211. The SMILES string of the molecule is CNCCC(Oc1cccc(-c2ccncc2)c1)c1cccs1. The minimum Gasteiger partial charge on any atom is -0.485 e. The van der Waals surface area contributed by atoms with Crippen LogP contribution in [0.2, 0.25) is 0 Å². The monoisotopic (exact) mass is 324 g/mol. The molecule has 0 radical (unpaired) electrons. The Hall–Kier alpha value is -2.17. The van der Waals surface area contributed by atoms with Crippen molar-refractivity contribution in [3.63, 3.8) is 0 Å². The number of benzene rings is 1. The molecule has 0 aliphatic heterocycles. The van der Waals surface area contributed by atoms with Crippen LogP contribution in [0.15, 0.2) is 66.3 Å². The summed E-state index contributed by atoms with van der Waals surface area (Å²) in [6, 6.07) is 16.5. The summed E-state index contributed by atoms with van der Waals surface area (Å²) in [6.45, 7) is 0.923. The molecule has 0 spiro atoms. The quantitative estimate of drug-likeness (QED) is 0.693. The van der Waals surface area contributed by atoms with Crippen molar-refractivity contribution in [2.24, 2.45) is 0 Å². The van der Waals surface area contributed by atoms with Gasteiger partial charge in [0.1, 0.15) is 11.9 Å². The predicted octanol–water partition coefficient (Wildman–Crippen LogP) is 4.54. The smallest absolute Gasteiger partial charge is 0.134 e. The fourth-order valence-corrected chi connectivity index (χ4v) is 3.26. The van der Waals surface area contributed by atoms with Crippen LogP contribution in [0.3, 0.4) is 0 Å². The minimum atomic E-state index is 0.0788. The van der Waals surface area contributed by atoms with Crippen LogP contribution in [0, 0.1) is 0 Å². The molecule has 2 heterocycles. The number of thiophene rings is 1. The highest BCUT2D eigenvalue weighted by atomic mass is 32.1. The van der Waals surface area contributed by atoms with E-state index in [1.807, 2.05) is 43.7 Å². The highest BCUT2D eigenvalue weighted by Crippen LogP contribution is 2.30. The molecule has 1 aromatic carbocycles. The zero-order chi connectivity index (χ0) is 15.9. The zero-order valence-corrected chi connectivity index (χ0v) is 13.9. The number of nitrogens with zero attached hydrogens (tertiary/aromatic N) is 1. The molecule has 23 heavy (non-hydrogen) atoms. The Labute approximate surface area is 141 Å². The van der Waals surface area contributed by atoms with E-state index in [-0.39, 0.29) is 6.10 Å². The van der Waals surface area contributed by atoms with Gasteiger partial charge in [0.25, 0.3) is 0 Å². The summed E-state index contributed by atoms with van der Waals surface area (Å²) in [5.41, 5.74) is 2.29. The van der Waals surface area contributed by atoms with Crippen molar-refractivity contribution in [2.45, 2.75) is 12.5 Å². The molecular formula is C19H20N2OS. The molecule has 0 aliphatic carbocycles. The summed E-state index contributed by atoms with van der Waals surface area (Å²) in [5, 5.41) is 5.30. The Kier molecular flexibility index (Phi) is 5.40. The van der Waals surface area contributed by atoms with E-state index in [4.69, 9.17) is 4.74 Å². The molecule has 3 nitrogen and oxygen atoms in total. The lowest BCUT2D eigenvalue weighted by molar-refractivity contribution is 0.199. The Morgan fingerprint density at radius 1 is 1.09 bits per heavy atom. The number of ether oxygens (including phenoxy) is 1. The second-order valence-electron chi connectivity index (χ2n) is 5.28. The molecular weight excluding hydrogens is 304 g/mol. The molecule has 0 saturated carbocycles. The van der Waals surface area contributed by atoms with Gasteiger partial charge in [0.05, 0.1) is 0 Å². The molecule has 3 rings (SSSR count). The van der Waals surface area contributed by atoms with Crippen LogP contribution >= 0.6 is 11.3 Å². The van der Waals surface area contributed by atoms with E-state index < -0.39 is 0 Å². The number of aromatic nitrogens is 1. The van der Waals surface area contributed by atoms with Gasteiger partial charge < -0.3 is 10.1 Å². The summed E-state index contributed by atoms with van der Waals surface area (Å²) >= 11 is 1.74. The van der Waals surface area contributed by atoms with Crippen LogP contribution < -0.4 is 10.1 Å². The van der Waals surface area contributed by atoms with Crippen LogP contribution in [-0.4, -0.2) is 18.6 Å². The van der Waals surface area contributed by atoms with Crippen LogP contribution in [-0.2, 0) is 0 Å². The molecule has 4 heteroatoms. The van der Waals surface area contributed by atoms with Gasteiger partial charge in [-0.25, -0.2) is 0 Å². The molecule has 2 aromatic heterocycles. The van der Waals surface area contributed by atoms with Crippen molar-refractivity contribution < 1.29 is 4.74 Å². The Bertz CT molecular complexity index is 713. The van der Waals surface area contributed by atoms with E-state index in [1.54, 1.807) is 11.3 Å². The standard InChI is InChI=1S/C19H20N2OS/c1-20-10-9-18(19-6-3-13-23-19)22-17-5-2-4-16(14-17)15-7-11-21-12-8-15/h2-8,11-14,18,20H,9-10H2,1H3. The van der Waals surface area contributed by atoms with E-state index in [2.05, 4.69) is 39.9 Å². The van der Waals surface area contributed by atoms with Crippen LogP contribution in [0.4, 0.5) is 0 Å². The summed E-state index contributed by atoms with van der Waals surface area (Å²) in [5.74, 6) is 0.897. The maximum absolute atomic E-state index is 6.28. The number of hydrogen-bond donors (Lipinski definition) is 1. The molecule has 1 atom stereocenters. The second-order valence-corrected chi connectivity index (χ2v) is 6.26. The number of nitrogens with one attached hydrogen (secondary N) is 1. The van der Waals surface area contributed by atoms with Crippen molar-refractivity contribution in [3.05, 3.63) is 71.2 Å². The van der Waals surface area contributed by atoms with Gasteiger partial charge in [-0.05, 0) is 60.4 Å². The molecule has 0 amide bonds. The van der Waals surface area contributed by atoms with Crippen molar-refractivity contribution in [2.75, 3.05) is 13.6 Å². The molecule has 0 bridgehead atoms. The van der Waals surface area contributed by atoms with E-state index in [1.165, 1.54) is 4.88 Å². The van der Waals surface area contributed by atoms with Crippen LogP contribution in [0.1, 0.15) is 17.4 Å². The van der Waals surface area contributed by atoms with Gasteiger partial charge in [-0.1, -0.05) is 18.2 Å². The first-order chi connectivity index (χ1) is 11.4. The minimum absolute atomic E-state index is 0.0788. The molecule has 0 saturated heterocycles. The predicted molar refractivity (Wildman–Crippen MR) is 95.9 cm³/mol. The lowest BCUT2D eigenvalue weighted by Gasteiger charge is -2.18. The average molecular weight is 324 g/mol. The summed E-state index contributed by atoms with van der Waals surface area (Å²) in [7, 11) is 1.97. The molecule has 0 fully saturated rings. The van der Waals surface area contributed by atoms with Gasteiger partial charge in [-0.15, -0.1) is 11.3 Å². The fourth-order valence-electron chi connectivity index (χ4n) is 2.47. The maximum Gasteiger partial charge on any atom is 0.134 e. The highest BCUT2D eigenvalue weighted by molar-refractivity contribution is 7.10. The number of hydrogen-bond acceptors (Lipinski definition) is 4. The lowest BCUT2D eigenvalue weighted by Crippen LogP contribution is -2.15. The average Bonchev–Trinajstić information content (AvgIpc) is 3.14. The molecule has 1 unspecified atom stereocenters. The largest absolute Gasteiger partial charge is 0.485 e. The molecule has 1 N–H and O–H groups in total. The lowest BCUT2D eigenvalue weighted by atomic mass is 10.1. The van der Waals surface area contributed by atoms with Crippen LogP contribution in [0.5, 0.6) is 5.75 Å². The second kappa shape index (κ2) is 7.90. The first-order valence-corrected chi connectivity index (χ1v) is 8.60. The maximum atomic E-state index is 6.28. The summed E-state index contributed by atoms with van der Waals surface area (Å²) < 4.78 is 6.28. The Morgan fingerprint density at radius 3 is 2.70 bits per heavy atom. The Balaban J connectivity index is 1.80. The number of rotatable bonds is 7. The van der Waals surface area contributed by atoms with Gasteiger partial charge in [0.15, 0.2) is 0 Å². The molecule has 0 aliphatic rings. The van der Waals surface area contributed by atoms with Gasteiger partial charge in [0, 0.05) is 23.7 Å². The third kappa shape index (κ3) is 4.18. The van der Waals surface area contributed by atoms with Crippen molar-refractivity contribution >= 4 is 11.3 Å². The van der Waals surface area contributed by atoms with Gasteiger partial charge >= 0.3 is 0 Å². The van der Waals surface area contributed by atoms with Crippen molar-refractivity contribution in [1.29, 1.82) is 0 Å². The first-order valence-electron chi connectivity index (χ1n) is 7.72. The third-order valence-corrected chi connectivity index (χ3v) is 4.61. The topological polar surface area (TPSA) is 34.1 Å². The van der Waals surface area contributed by atoms with Crippen LogP contribution in [0.25, 0.3) is 11.1 Å². The molecule has 3 aromatic rings. The molecule has 118 valence electrons. The van der Waals surface area contributed by atoms with E-state index in [9.17, 15) is 0 Å². The van der Waals surface area contributed by atoms with Gasteiger partial charge in [-0.3, -0.25) is 4.98 Å².